The van der Waals surface area contributed by atoms with Crippen LogP contribution in [0.4, 0.5) is 5.69 Å². The van der Waals surface area contributed by atoms with Gasteiger partial charge in [0, 0.05) is 18.1 Å². The Morgan fingerprint density at radius 2 is 1.70 bits per heavy atom. The second kappa shape index (κ2) is 8.02. The lowest BCUT2D eigenvalue weighted by molar-refractivity contribution is -0.384. The van der Waals surface area contributed by atoms with E-state index in [-0.39, 0.29) is 11.5 Å². The smallest absolute Gasteiger partial charge is 0.293 e. The van der Waals surface area contributed by atoms with Gasteiger partial charge in [-0.3, -0.25) is 10.1 Å². The minimum absolute atomic E-state index is 0.00268. The number of nitrogens with zero attached hydrogens (tertiary/aromatic N) is 4. The number of amidine groups is 1. The molecule has 1 aliphatic carbocycles. The first kappa shape index (κ1) is 21.7. The Morgan fingerprint density at radius 3 is 2.13 bits per heavy atom. The van der Waals surface area contributed by atoms with E-state index in [0.717, 1.165) is 25.7 Å². The van der Waals surface area contributed by atoms with Crippen LogP contribution in [-0.4, -0.2) is 29.9 Å². The van der Waals surface area contributed by atoms with Crippen LogP contribution < -0.4 is 5.73 Å². The van der Waals surface area contributed by atoms with Gasteiger partial charge in [0.1, 0.15) is 11.3 Å². The molecule has 158 valence electrons. The van der Waals surface area contributed by atoms with Gasteiger partial charge in [-0.15, -0.1) is 0 Å². The molecular formula is C21H25N5O4. The molecule has 0 spiro atoms. The van der Waals surface area contributed by atoms with Crippen molar-refractivity contribution in [2.45, 2.75) is 51.4 Å². The Kier molecular flexibility index (Phi) is 5.80. The summed E-state index contributed by atoms with van der Waals surface area (Å²) in [5.41, 5.74) is 3.87. The van der Waals surface area contributed by atoms with Crippen molar-refractivity contribution in [2.24, 2.45) is 21.6 Å². The first-order valence-electron chi connectivity index (χ1n) is 10.1. The van der Waals surface area contributed by atoms with E-state index in [2.05, 4.69) is 17.1 Å². The monoisotopic (exact) mass is 411 g/mol. The highest BCUT2D eigenvalue weighted by atomic mass is 16.7. The minimum atomic E-state index is -1.68. The largest absolute Gasteiger partial charge is 0.386 e. The summed E-state index contributed by atoms with van der Waals surface area (Å²) in [7, 11) is 0. The van der Waals surface area contributed by atoms with Crippen LogP contribution in [0.15, 0.2) is 29.3 Å². The van der Waals surface area contributed by atoms with Crippen molar-refractivity contribution >= 4 is 11.5 Å². The van der Waals surface area contributed by atoms with Gasteiger partial charge in [0.05, 0.1) is 30.3 Å². The van der Waals surface area contributed by atoms with Gasteiger partial charge in [-0.05, 0) is 18.4 Å². The fourth-order valence-corrected chi connectivity index (χ4v) is 4.36. The quantitative estimate of drug-likeness (QED) is 0.268. The van der Waals surface area contributed by atoms with E-state index in [0.29, 0.717) is 18.8 Å². The number of rotatable bonds is 10. The number of aliphatic imine (C=N–C) groups is 1. The van der Waals surface area contributed by atoms with Crippen molar-refractivity contribution in [2.75, 3.05) is 13.2 Å². The Hall–Kier alpha value is -3.01. The van der Waals surface area contributed by atoms with Crippen LogP contribution in [0.25, 0.3) is 0 Å². The molecule has 0 bridgehead atoms. The van der Waals surface area contributed by atoms with E-state index in [1.165, 1.54) is 12.1 Å². The van der Waals surface area contributed by atoms with Gasteiger partial charge in [-0.25, -0.2) is 4.99 Å². The molecule has 30 heavy (non-hydrogen) atoms. The standard InChI is InChI=1S/C21H25N5O4/c1-3-5-11-29-21(30-12-6-4-2)20(14-23)17(19(20,13-22)18(24)25-21)15-7-9-16(10-8-15)26(27)28/h7-10,17H,3-6,11-12H2,1-2H3,(H2,24,25). The Bertz CT molecular complexity index is 922. The summed E-state index contributed by atoms with van der Waals surface area (Å²) in [5.74, 6) is -2.34. The van der Waals surface area contributed by atoms with Gasteiger partial charge in [0.2, 0.25) is 0 Å². The number of nitro groups is 1. The molecule has 0 radical (unpaired) electrons. The number of nitriles is 2. The summed E-state index contributed by atoms with van der Waals surface area (Å²) >= 11 is 0. The van der Waals surface area contributed by atoms with Crippen molar-refractivity contribution < 1.29 is 14.4 Å². The van der Waals surface area contributed by atoms with E-state index in [1.807, 2.05) is 13.8 Å². The number of hydrogen-bond acceptors (Lipinski definition) is 8. The minimum Gasteiger partial charge on any atom is -0.386 e. The third-order valence-corrected chi connectivity index (χ3v) is 5.96. The van der Waals surface area contributed by atoms with E-state index >= 15 is 0 Å². The van der Waals surface area contributed by atoms with Crippen LogP contribution in [0.3, 0.4) is 0 Å². The summed E-state index contributed by atoms with van der Waals surface area (Å²) in [5, 5.41) is 31.4. The Labute approximate surface area is 175 Å². The molecule has 2 N–H and O–H groups in total. The molecule has 1 aliphatic heterocycles. The zero-order valence-corrected chi connectivity index (χ0v) is 17.1. The molecule has 0 saturated heterocycles. The SMILES string of the molecule is CCCCOC1(OCCCC)N=C(N)C2(C#N)C(c3ccc([N+](=O)[O-])cc3)C12C#N. The maximum absolute atomic E-state index is 11.0. The zero-order chi connectivity index (χ0) is 22.0. The third kappa shape index (κ3) is 2.78. The molecule has 3 unspecified atom stereocenters. The maximum atomic E-state index is 11.0. The highest BCUT2D eigenvalue weighted by molar-refractivity contribution is 6.00. The number of nitro benzene ring substituents is 1. The summed E-state index contributed by atoms with van der Waals surface area (Å²) in [6.07, 6.45) is 3.22. The molecule has 1 heterocycles. The van der Waals surface area contributed by atoms with E-state index in [4.69, 9.17) is 15.2 Å². The van der Waals surface area contributed by atoms with Crippen LogP contribution >= 0.6 is 0 Å². The number of hydrogen-bond donors (Lipinski definition) is 1. The number of fused-ring (bicyclic) bond motifs is 1. The molecule has 0 amide bonds. The van der Waals surface area contributed by atoms with Gasteiger partial charge in [-0.2, -0.15) is 10.5 Å². The van der Waals surface area contributed by atoms with Crippen molar-refractivity contribution in [3.8, 4) is 12.1 Å². The van der Waals surface area contributed by atoms with Crippen molar-refractivity contribution in [3.05, 3.63) is 39.9 Å². The van der Waals surface area contributed by atoms with Crippen LogP contribution in [0.5, 0.6) is 0 Å². The average molecular weight is 411 g/mol. The molecule has 9 nitrogen and oxygen atoms in total. The van der Waals surface area contributed by atoms with E-state index in [1.54, 1.807) is 12.1 Å². The lowest BCUT2D eigenvalue weighted by Crippen LogP contribution is -2.44. The predicted molar refractivity (Wildman–Crippen MR) is 108 cm³/mol. The molecule has 9 heteroatoms. The lowest BCUT2D eigenvalue weighted by atomic mass is 9.93. The normalized spacial score (nSPS) is 28.1. The summed E-state index contributed by atoms with van der Waals surface area (Å²) < 4.78 is 12.1. The highest BCUT2D eigenvalue weighted by Crippen LogP contribution is 2.82. The van der Waals surface area contributed by atoms with Crippen molar-refractivity contribution in [3.63, 3.8) is 0 Å². The average Bonchev–Trinajstić information content (AvgIpc) is 3.32. The summed E-state index contributed by atoms with van der Waals surface area (Å²) in [6, 6.07) is 10.3. The van der Waals surface area contributed by atoms with Crippen LogP contribution in [-0.2, 0) is 9.47 Å². The number of non-ortho nitro benzene ring substituents is 1. The molecule has 3 rings (SSSR count). The molecule has 0 aromatic heterocycles. The third-order valence-electron chi connectivity index (χ3n) is 5.96. The van der Waals surface area contributed by atoms with Gasteiger partial charge in [0.25, 0.3) is 11.6 Å². The number of unbranched alkanes of at least 4 members (excludes halogenated alkanes) is 2. The van der Waals surface area contributed by atoms with Crippen LogP contribution in [0.1, 0.15) is 51.0 Å². The van der Waals surface area contributed by atoms with E-state index in [9.17, 15) is 20.6 Å². The number of ether oxygens (including phenoxy) is 2. The fourth-order valence-electron chi connectivity index (χ4n) is 4.36. The molecule has 3 atom stereocenters. The van der Waals surface area contributed by atoms with Gasteiger partial charge >= 0.3 is 0 Å². The van der Waals surface area contributed by atoms with Crippen molar-refractivity contribution in [1.82, 2.24) is 0 Å². The maximum Gasteiger partial charge on any atom is 0.293 e. The second-order valence-electron chi connectivity index (χ2n) is 7.60. The topological polar surface area (TPSA) is 148 Å². The van der Waals surface area contributed by atoms with Crippen LogP contribution in [0, 0.1) is 43.6 Å². The molecular weight excluding hydrogens is 386 g/mol. The van der Waals surface area contributed by atoms with Gasteiger partial charge in [-0.1, -0.05) is 38.8 Å². The second-order valence-corrected chi connectivity index (χ2v) is 7.60. The number of nitrogens with two attached hydrogens (primary N) is 1. The van der Waals surface area contributed by atoms with Gasteiger partial charge < -0.3 is 15.2 Å². The zero-order valence-electron chi connectivity index (χ0n) is 17.1. The lowest BCUT2D eigenvalue weighted by Gasteiger charge is -2.32. The van der Waals surface area contributed by atoms with Crippen LogP contribution in [0.2, 0.25) is 0 Å². The molecule has 1 saturated carbocycles. The predicted octanol–water partition coefficient (Wildman–Crippen LogP) is 3.37. The first-order chi connectivity index (χ1) is 14.4. The fraction of sp³-hybridized carbons (Fsp3) is 0.571. The Morgan fingerprint density at radius 1 is 1.13 bits per heavy atom. The first-order valence-corrected chi connectivity index (χ1v) is 10.1. The highest BCUT2D eigenvalue weighted by Gasteiger charge is 2.93. The van der Waals surface area contributed by atoms with Crippen molar-refractivity contribution in [1.29, 1.82) is 10.5 Å². The number of benzene rings is 1. The van der Waals surface area contributed by atoms with E-state index < -0.39 is 27.6 Å². The van der Waals surface area contributed by atoms with Gasteiger partial charge in [0.15, 0.2) is 5.41 Å². The molecule has 1 aromatic rings. The molecule has 2 aliphatic rings. The summed E-state index contributed by atoms with van der Waals surface area (Å²) in [4.78, 5) is 14.9. The Balaban J connectivity index is 2.08. The molecule has 1 fully saturated rings. The summed E-state index contributed by atoms with van der Waals surface area (Å²) in [6.45, 7) is 4.63. The molecule has 1 aromatic carbocycles.